The molecule has 0 spiro atoms. The zero-order valence-electron chi connectivity index (χ0n) is 17.0. The molecule has 1 N–H and O–H groups in total. The summed E-state index contributed by atoms with van der Waals surface area (Å²) in [6.07, 6.45) is 21.6. The van der Waals surface area contributed by atoms with Gasteiger partial charge in [-0.15, -0.1) is 0 Å². The minimum absolute atomic E-state index is 0.346. The molecule has 0 aromatic carbocycles. The van der Waals surface area contributed by atoms with E-state index in [1.165, 1.54) is 89.9 Å². The fraction of sp³-hybridized carbons (Fsp3) is 0.955. The number of unbranched alkanes of at least 4 members (excludes halogenated alkanes) is 13. The molecule has 0 radical (unpaired) electrons. The highest BCUT2D eigenvalue weighted by Gasteiger charge is 2.18. The van der Waals surface area contributed by atoms with Crippen molar-refractivity contribution in [2.24, 2.45) is 0 Å². The number of amides is 1. The van der Waals surface area contributed by atoms with Gasteiger partial charge in [0.2, 0.25) is 5.91 Å². The molecule has 1 rings (SSSR count). The van der Waals surface area contributed by atoms with Gasteiger partial charge < -0.3 is 10.2 Å². The Labute approximate surface area is 157 Å². The van der Waals surface area contributed by atoms with Crippen molar-refractivity contribution >= 4 is 5.91 Å². The Morgan fingerprint density at radius 1 is 0.760 bits per heavy atom. The number of nitrogens with one attached hydrogen (secondary N) is 1. The first-order valence-electron chi connectivity index (χ1n) is 11.3. The summed E-state index contributed by atoms with van der Waals surface area (Å²) in [5.74, 6) is 0.346. The Balaban J connectivity index is 1.67. The SMILES string of the molecule is CCCCCCCCCCCCCCCCNCCN1CCCC1=O. The second-order valence-electron chi connectivity index (χ2n) is 7.83. The van der Waals surface area contributed by atoms with Crippen molar-refractivity contribution in [3.05, 3.63) is 0 Å². The molecule has 148 valence electrons. The monoisotopic (exact) mass is 352 g/mol. The highest BCUT2D eigenvalue weighted by molar-refractivity contribution is 5.78. The van der Waals surface area contributed by atoms with Gasteiger partial charge in [0.05, 0.1) is 0 Å². The third-order valence-electron chi connectivity index (χ3n) is 5.44. The summed E-state index contributed by atoms with van der Waals surface area (Å²) in [7, 11) is 0. The Morgan fingerprint density at radius 3 is 1.76 bits per heavy atom. The lowest BCUT2D eigenvalue weighted by atomic mass is 10.0. The number of rotatable bonds is 18. The van der Waals surface area contributed by atoms with Crippen LogP contribution in [-0.4, -0.2) is 37.0 Å². The van der Waals surface area contributed by atoms with Crippen LogP contribution in [0.1, 0.15) is 110 Å². The van der Waals surface area contributed by atoms with Crippen LogP contribution in [0.25, 0.3) is 0 Å². The van der Waals surface area contributed by atoms with Crippen molar-refractivity contribution in [3.63, 3.8) is 0 Å². The molecule has 0 saturated carbocycles. The van der Waals surface area contributed by atoms with Gasteiger partial charge in [0.15, 0.2) is 0 Å². The number of hydrogen-bond donors (Lipinski definition) is 1. The number of hydrogen-bond acceptors (Lipinski definition) is 2. The van der Waals surface area contributed by atoms with Gasteiger partial charge in [-0.25, -0.2) is 0 Å². The van der Waals surface area contributed by atoms with Gasteiger partial charge in [0, 0.05) is 26.1 Å². The van der Waals surface area contributed by atoms with Crippen LogP contribution >= 0.6 is 0 Å². The Kier molecular flexibility index (Phi) is 15.2. The average Bonchev–Trinajstić information content (AvgIpc) is 3.02. The number of likely N-dealkylation sites (tertiary alicyclic amines) is 1. The highest BCUT2D eigenvalue weighted by atomic mass is 16.2. The van der Waals surface area contributed by atoms with Crippen LogP contribution in [0.3, 0.4) is 0 Å². The molecule has 1 fully saturated rings. The van der Waals surface area contributed by atoms with Crippen molar-refractivity contribution in [2.45, 2.75) is 110 Å². The Hall–Kier alpha value is -0.570. The minimum atomic E-state index is 0.346. The quantitative estimate of drug-likeness (QED) is 0.322. The van der Waals surface area contributed by atoms with Crippen molar-refractivity contribution in [1.29, 1.82) is 0 Å². The summed E-state index contributed by atoms with van der Waals surface area (Å²) in [4.78, 5) is 13.5. The lowest BCUT2D eigenvalue weighted by Gasteiger charge is -2.15. The molecule has 0 aliphatic carbocycles. The largest absolute Gasteiger partial charge is 0.341 e. The van der Waals surface area contributed by atoms with Crippen molar-refractivity contribution in [1.82, 2.24) is 10.2 Å². The van der Waals surface area contributed by atoms with Gasteiger partial charge in [-0.05, 0) is 19.4 Å². The second-order valence-corrected chi connectivity index (χ2v) is 7.83. The van der Waals surface area contributed by atoms with E-state index in [2.05, 4.69) is 12.2 Å². The first kappa shape index (κ1) is 22.5. The summed E-state index contributed by atoms with van der Waals surface area (Å²) in [5, 5.41) is 3.48. The summed E-state index contributed by atoms with van der Waals surface area (Å²) >= 11 is 0. The molecular weight excluding hydrogens is 308 g/mol. The van der Waals surface area contributed by atoms with Crippen LogP contribution in [0.15, 0.2) is 0 Å². The molecular formula is C22H44N2O. The Morgan fingerprint density at radius 2 is 1.28 bits per heavy atom. The van der Waals surface area contributed by atoms with E-state index >= 15 is 0 Å². The molecule has 1 aliphatic heterocycles. The minimum Gasteiger partial charge on any atom is -0.341 e. The number of carbonyl (C=O) groups is 1. The molecule has 25 heavy (non-hydrogen) atoms. The predicted molar refractivity (Wildman–Crippen MR) is 109 cm³/mol. The van der Waals surface area contributed by atoms with E-state index in [1.54, 1.807) is 0 Å². The van der Waals surface area contributed by atoms with Crippen LogP contribution in [0.4, 0.5) is 0 Å². The fourth-order valence-corrected chi connectivity index (χ4v) is 3.72. The predicted octanol–water partition coefficient (Wildman–Crippen LogP) is 5.68. The maximum absolute atomic E-state index is 11.5. The highest BCUT2D eigenvalue weighted by Crippen LogP contribution is 2.13. The maximum atomic E-state index is 11.5. The molecule has 1 amide bonds. The summed E-state index contributed by atoms with van der Waals surface area (Å²) in [6.45, 7) is 6.23. The molecule has 3 nitrogen and oxygen atoms in total. The molecule has 0 aromatic rings. The molecule has 3 heteroatoms. The smallest absolute Gasteiger partial charge is 0.222 e. The second kappa shape index (κ2) is 16.9. The van der Waals surface area contributed by atoms with Crippen molar-refractivity contribution in [2.75, 3.05) is 26.2 Å². The van der Waals surface area contributed by atoms with Gasteiger partial charge in [0.1, 0.15) is 0 Å². The zero-order chi connectivity index (χ0) is 18.0. The topological polar surface area (TPSA) is 32.3 Å². The zero-order valence-corrected chi connectivity index (χ0v) is 17.0. The fourth-order valence-electron chi connectivity index (χ4n) is 3.72. The van der Waals surface area contributed by atoms with Crippen LogP contribution in [0.2, 0.25) is 0 Å². The Bertz CT molecular complexity index is 306. The molecule has 0 unspecified atom stereocenters. The lowest BCUT2D eigenvalue weighted by molar-refractivity contribution is -0.127. The lowest BCUT2D eigenvalue weighted by Crippen LogP contribution is -2.33. The van der Waals surface area contributed by atoms with Gasteiger partial charge in [-0.2, -0.15) is 0 Å². The van der Waals surface area contributed by atoms with Crippen LogP contribution in [-0.2, 0) is 4.79 Å². The number of nitrogens with zero attached hydrogens (tertiary/aromatic N) is 1. The summed E-state index contributed by atoms with van der Waals surface area (Å²) < 4.78 is 0. The standard InChI is InChI=1S/C22H44N2O/c1-2-3-4-5-6-7-8-9-10-11-12-13-14-15-18-23-19-21-24-20-16-17-22(24)25/h23H,2-21H2,1H3. The maximum Gasteiger partial charge on any atom is 0.222 e. The van der Waals surface area contributed by atoms with Crippen molar-refractivity contribution in [3.8, 4) is 0 Å². The molecule has 0 atom stereocenters. The van der Waals surface area contributed by atoms with E-state index in [0.29, 0.717) is 5.91 Å². The molecule has 0 aromatic heterocycles. The van der Waals surface area contributed by atoms with E-state index in [9.17, 15) is 4.79 Å². The summed E-state index contributed by atoms with van der Waals surface area (Å²) in [6, 6.07) is 0. The van der Waals surface area contributed by atoms with E-state index < -0.39 is 0 Å². The summed E-state index contributed by atoms with van der Waals surface area (Å²) in [5.41, 5.74) is 0. The third kappa shape index (κ3) is 13.3. The van der Waals surface area contributed by atoms with Crippen LogP contribution in [0, 0.1) is 0 Å². The normalized spacial score (nSPS) is 14.6. The van der Waals surface area contributed by atoms with Gasteiger partial charge >= 0.3 is 0 Å². The van der Waals surface area contributed by atoms with Crippen LogP contribution < -0.4 is 5.32 Å². The molecule has 1 heterocycles. The van der Waals surface area contributed by atoms with Gasteiger partial charge in [0.25, 0.3) is 0 Å². The van der Waals surface area contributed by atoms with E-state index in [4.69, 9.17) is 0 Å². The average molecular weight is 353 g/mol. The van der Waals surface area contributed by atoms with E-state index in [-0.39, 0.29) is 0 Å². The first-order valence-corrected chi connectivity index (χ1v) is 11.3. The molecule has 0 bridgehead atoms. The van der Waals surface area contributed by atoms with Crippen molar-refractivity contribution < 1.29 is 4.79 Å². The molecule has 1 aliphatic rings. The first-order chi connectivity index (χ1) is 12.3. The third-order valence-corrected chi connectivity index (χ3v) is 5.44. The van der Waals surface area contributed by atoms with Gasteiger partial charge in [-0.1, -0.05) is 90.4 Å². The van der Waals surface area contributed by atoms with Gasteiger partial charge in [-0.3, -0.25) is 4.79 Å². The van der Waals surface area contributed by atoms with E-state index in [0.717, 1.165) is 39.0 Å². The van der Waals surface area contributed by atoms with E-state index in [1.807, 2.05) is 4.90 Å². The molecule has 1 saturated heterocycles. The van der Waals surface area contributed by atoms with Crippen LogP contribution in [0.5, 0.6) is 0 Å². The number of carbonyl (C=O) groups excluding carboxylic acids is 1.